The molecular formula is C15H33NO. The van der Waals surface area contributed by atoms with Crippen molar-refractivity contribution in [1.82, 2.24) is 4.90 Å². The van der Waals surface area contributed by atoms with E-state index in [2.05, 4.69) is 20.8 Å². The van der Waals surface area contributed by atoms with Crippen molar-refractivity contribution >= 4 is 5.91 Å². The van der Waals surface area contributed by atoms with Crippen LogP contribution in [0.15, 0.2) is 0 Å². The van der Waals surface area contributed by atoms with Crippen LogP contribution in [0.25, 0.3) is 0 Å². The largest absolute Gasteiger partial charge is 0.343 e. The van der Waals surface area contributed by atoms with Gasteiger partial charge in [0.1, 0.15) is 0 Å². The van der Waals surface area contributed by atoms with Gasteiger partial charge in [0.05, 0.1) is 0 Å². The van der Waals surface area contributed by atoms with Crippen LogP contribution in [0.1, 0.15) is 79.6 Å². The second-order valence-electron chi connectivity index (χ2n) is 4.14. The molecule has 2 heteroatoms. The number of hydrogen-bond donors (Lipinski definition) is 0. The Balaban J connectivity index is 0. The van der Waals surface area contributed by atoms with Crippen LogP contribution in [0.3, 0.4) is 0 Å². The molecule has 0 heterocycles. The van der Waals surface area contributed by atoms with E-state index in [1.54, 1.807) is 0 Å². The number of rotatable bonds is 9. The monoisotopic (exact) mass is 243 g/mol. The zero-order valence-electron chi connectivity index (χ0n) is 12.7. The van der Waals surface area contributed by atoms with Gasteiger partial charge in [-0.05, 0) is 19.8 Å². The molecule has 104 valence electrons. The fourth-order valence-electron chi connectivity index (χ4n) is 1.77. The maximum atomic E-state index is 11.7. The van der Waals surface area contributed by atoms with Gasteiger partial charge in [0, 0.05) is 19.5 Å². The summed E-state index contributed by atoms with van der Waals surface area (Å²) in [6.45, 7) is 12.2. The van der Waals surface area contributed by atoms with E-state index in [-0.39, 0.29) is 0 Å². The third-order valence-electron chi connectivity index (χ3n) is 2.72. The van der Waals surface area contributed by atoms with Crippen molar-refractivity contribution in [3.05, 3.63) is 0 Å². The molecule has 0 rings (SSSR count). The number of carbonyl (C=O) groups is 1. The molecule has 0 radical (unpaired) electrons. The molecule has 0 spiro atoms. The Morgan fingerprint density at radius 3 is 1.94 bits per heavy atom. The summed E-state index contributed by atoms with van der Waals surface area (Å²) in [4.78, 5) is 13.7. The number of amides is 1. The van der Waals surface area contributed by atoms with Crippen molar-refractivity contribution in [2.75, 3.05) is 13.1 Å². The van der Waals surface area contributed by atoms with Gasteiger partial charge < -0.3 is 4.90 Å². The minimum Gasteiger partial charge on any atom is -0.343 e. The fourth-order valence-corrected chi connectivity index (χ4v) is 1.77. The van der Waals surface area contributed by atoms with E-state index in [4.69, 9.17) is 0 Å². The zero-order valence-corrected chi connectivity index (χ0v) is 12.7. The summed E-state index contributed by atoms with van der Waals surface area (Å²) in [5.74, 6) is 0.343. The molecule has 0 saturated heterocycles. The quantitative estimate of drug-likeness (QED) is 0.541. The van der Waals surface area contributed by atoms with Crippen LogP contribution >= 0.6 is 0 Å². The number of nitrogens with zero attached hydrogens (tertiary/aromatic N) is 1. The van der Waals surface area contributed by atoms with E-state index < -0.39 is 0 Å². The van der Waals surface area contributed by atoms with Crippen LogP contribution in [-0.2, 0) is 4.79 Å². The van der Waals surface area contributed by atoms with Gasteiger partial charge in [-0.25, -0.2) is 0 Å². The van der Waals surface area contributed by atoms with Gasteiger partial charge in [0.2, 0.25) is 5.91 Å². The Kier molecular flexibility index (Phi) is 17.1. The van der Waals surface area contributed by atoms with Crippen LogP contribution in [0.5, 0.6) is 0 Å². The highest BCUT2D eigenvalue weighted by molar-refractivity contribution is 5.76. The van der Waals surface area contributed by atoms with E-state index in [9.17, 15) is 4.79 Å². The van der Waals surface area contributed by atoms with Crippen LogP contribution in [0.2, 0.25) is 0 Å². The Bertz CT molecular complexity index is 157. The van der Waals surface area contributed by atoms with Crippen LogP contribution in [-0.4, -0.2) is 23.9 Å². The summed E-state index contributed by atoms with van der Waals surface area (Å²) in [6, 6.07) is 0. The smallest absolute Gasteiger partial charge is 0.222 e. The van der Waals surface area contributed by atoms with Crippen LogP contribution < -0.4 is 0 Å². The highest BCUT2D eigenvalue weighted by Crippen LogP contribution is 2.07. The first kappa shape index (κ1) is 18.8. The van der Waals surface area contributed by atoms with E-state index in [1.165, 1.54) is 25.7 Å². The zero-order chi connectivity index (χ0) is 13.5. The molecule has 0 aliphatic rings. The lowest BCUT2D eigenvalue weighted by Crippen LogP contribution is -2.31. The van der Waals surface area contributed by atoms with Gasteiger partial charge in [-0.3, -0.25) is 4.79 Å². The lowest BCUT2D eigenvalue weighted by atomic mass is 10.1. The summed E-state index contributed by atoms with van der Waals surface area (Å²) in [6.07, 6.45) is 7.95. The molecule has 0 fully saturated rings. The minimum absolute atomic E-state index is 0.343. The van der Waals surface area contributed by atoms with E-state index in [0.717, 1.165) is 32.4 Å². The van der Waals surface area contributed by atoms with Crippen molar-refractivity contribution in [3.63, 3.8) is 0 Å². The molecule has 0 aromatic rings. The summed E-state index contributed by atoms with van der Waals surface area (Å²) in [5.41, 5.74) is 0. The first-order valence-electron chi connectivity index (χ1n) is 7.54. The van der Waals surface area contributed by atoms with Gasteiger partial charge in [-0.15, -0.1) is 0 Å². The predicted octanol–water partition coefficient (Wildman–Crippen LogP) is 4.63. The van der Waals surface area contributed by atoms with E-state index in [0.29, 0.717) is 5.91 Å². The molecule has 0 bridgehead atoms. The Morgan fingerprint density at radius 1 is 0.882 bits per heavy atom. The van der Waals surface area contributed by atoms with Gasteiger partial charge in [-0.2, -0.15) is 0 Å². The molecule has 0 aromatic carbocycles. The summed E-state index contributed by atoms with van der Waals surface area (Å²) < 4.78 is 0. The van der Waals surface area contributed by atoms with Crippen molar-refractivity contribution in [1.29, 1.82) is 0 Å². The van der Waals surface area contributed by atoms with E-state index >= 15 is 0 Å². The molecule has 17 heavy (non-hydrogen) atoms. The molecule has 0 N–H and O–H groups in total. The average Bonchev–Trinajstić information content (AvgIpc) is 2.37. The SMILES string of the molecule is CC.CCCCCCCC(=O)N(CC)CCC. The molecule has 0 unspecified atom stereocenters. The molecule has 1 amide bonds. The Labute approximate surface area is 109 Å². The van der Waals surface area contributed by atoms with Crippen LogP contribution in [0.4, 0.5) is 0 Å². The summed E-state index contributed by atoms with van der Waals surface area (Å²) in [7, 11) is 0. The third kappa shape index (κ3) is 11.7. The maximum Gasteiger partial charge on any atom is 0.222 e. The first-order valence-corrected chi connectivity index (χ1v) is 7.54. The second kappa shape index (κ2) is 15.5. The topological polar surface area (TPSA) is 20.3 Å². The fraction of sp³-hybridized carbons (Fsp3) is 0.933. The first-order chi connectivity index (χ1) is 8.26. The Morgan fingerprint density at radius 2 is 1.47 bits per heavy atom. The number of unbranched alkanes of at least 4 members (excludes halogenated alkanes) is 4. The summed E-state index contributed by atoms with van der Waals surface area (Å²) in [5, 5.41) is 0. The lowest BCUT2D eigenvalue weighted by molar-refractivity contribution is -0.131. The Hall–Kier alpha value is -0.530. The van der Waals surface area contributed by atoms with Crippen molar-refractivity contribution < 1.29 is 4.79 Å². The molecular weight excluding hydrogens is 210 g/mol. The van der Waals surface area contributed by atoms with Crippen molar-refractivity contribution in [2.45, 2.75) is 79.6 Å². The molecule has 0 aromatic heterocycles. The molecule has 0 atom stereocenters. The summed E-state index contributed by atoms with van der Waals surface area (Å²) >= 11 is 0. The van der Waals surface area contributed by atoms with Gasteiger partial charge in [0.25, 0.3) is 0 Å². The molecule has 0 aliphatic carbocycles. The highest BCUT2D eigenvalue weighted by atomic mass is 16.2. The maximum absolute atomic E-state index is 11.7. The number of hydrogen-bond acceptors (Lipinski definition) is 1. The second-order valence-corrected chi connectivity index (χ2v) is 4.14. The van der Waals surface area contributed by atoms with Crippen LogP contribution in [0, 0.1) is 0 Å². The van der Waals surface area contributed by atoms with Crippen molar-refractivity contribution in [2.24, 2.45) is 0 Å². The molecule has 0 saturated carbocycles. The van der Waals surface area contributed by atoms with Gasteiger partial charge in [0.15, 0.2) is 0 Å². The number of carbonyl (C=O) groups excluding carboxylic acids is 1. The molecule has 2 nitrogen and oxygen atoms in total. The van der Waals surface area contributed by atoms with Crippen molar-refractivity contribution in [3.8, 4) is 0 Å². The van der Waals surface area contributed by atoms with Gasteiger partial charge >= 0.3 is 0 Å². The minimum atomic E-state index is 0.343. The predicted molar refractivity (Wildman–Crippen MR) is 77.3 cm³/mol. The molecule has 0 aliphatic heterocycles. The normalized spacial score (nSPS) is 9.47. The highest BCUT2D eigenvalue weighted by Gasteiger charge is 2.09. The van der Waals surface area contributed by atoms with Gasteiger partial charge in [-0.1, -0.05) is 53.4 Å². The lowest BCUT2D eigenvalue weighted by Gasteiger charge is -2.19. The third-order valence-corrected chi connectivity index (χ3v) is 2.72. The standard InChI is InChI=1S/C13H27NO.C2H6/c1-4-7-8-9-10-11-13(15)14(6-3)12-5-2;1-2/h4-12H2,1-3H3;1-2H3. The van der Waals surface area contributed by atoms with E-state index in [1.807, 2.05) is 18.7 Å². The average molecular weight is 243 g/mol.